The van der Waals surface area contributed by atoms with Crippen molar-refractivity contribution in [3.8, 4) is 5.75 Å². The highest BCUT2D eigenvalue weighted by Crippen LogP contribution is 2.32. The summed E-state index contributed by atoms with van der Waals surface area (Å²) in [5, 5.41) is 9.48. The molecule has 0 amide bonds. The number of hydrogen-bond donors (Lipinski definition) is 1. The van der Waals surface area contributed by atoms with Gasteiger partial charge < -0.3 is 9.84 Å². The highest BCUT2D eigenvalue weighted by molar-refractivity contribution is 8.00. The van der Waals surface area contributed by atoms with Crippen LogP contribution in [0.4, 0.5) is 4.39 Å². The Morgan fingerprint density at radius 3 is 2.62 bits per heavy atom. The van der Waals surface area contributed by atoms with Crippen LogP contribution < -0.4 is 4.74 Å². The molecule has 0 unspecified atom stereocenters. The van der Waals surface area contributed by atoms with Crippen molar-refractivity contribution in [2.24, 2.45) is 0 Å². The topological polar surface area (TPSA) is 89.4 Å². The number of benzene rings is 1. The number of carbonyl (C=O) groups is 2. The number of aryl methyl sites for hydroxylation is 1. The van der Waals surface area contributed by atoms with E-state index in [1.165, 1.54) is 25.3 Å². The number of fused-ring (bicyclic) bond motifs is 1. The van der Waals surface area contributed by atoms with Gasteiger partial charge in [0.15, 0.2) is 17.3 Å². The van der Waals surface area contributed by atoms with E-state index in [-0.39, 0.29) is 27.5 Å². The van der Waals surface area contributed by atoms with E-state index in [9.17, 15) is 14.0 Å². The Kier molecular flexibility index (Phi) is 5.19. The molecule has 26 heavy (non-hydrogen) atoms. The molecule has 1 aromatic carbocycles. The second kappa shape index (κ2) is 7.38. The molecule has 0 radical (unpaired) electrons. The first-order valence-electron chi connectivity index (χ1n) is 7.40. The molecule has 3 aromatic rings. The lowest BCUT2D eigenvalue weighted by Crippen LogP contribution is -2.02. The van der Waals surface area contributed by atoms with Gasteiger partial charge in [-0.15, -0.1) is 11.3 Å². The van der Waals surface area contributed by atoms with Gasteiger partial charge >= 0.3 is 5.97 Å². The molecule has 134 valence electrons. The van der Waals surface area contributed by atoms with Crippen LogP contribution >= 0.6 is 23.1 Å². The van der Waals surface area contributed by atoms with E-state index in [0.29, 0.717) is 21.2 Å². The number of ketones is 1. The van der Waals surface area contributed by atoms with Gasteiger partial charge in [-0.2, -0.15) is 0 Å². The third-order valence-electron chi connectivity index (χ3n) is 3.50. The van der Waals surface area contributed by atoms with Crippen LogP contribution in [0, 0.1) is 12.7 Å². The zero-order valence-electron chi connectivity index (χ0n) is 13.8. The Morgan fingerprint density at radius 1 is 1.23 bits per heavy atom. The molecule has 0 fully saturated rings. The fourth-order valence-corrected chi connectivity index (χ4v) is 4.15. The summed E-state index contributed by atoms with van der Waals surface area (Å²) in [7, 11) is 1.37. The van der Waals surface area contributed by atoms with Crippen molar-refractivity contribution >= 4 is 45.8 Å². The number of aromatic carboxylic acids is 1. The van der Waals surface area contributed by atoms with Gasteiger partial charge in [-0.1, -0.05) is 11.8 Å². The standard InChI is InChI=1S/C17H13FN2O4S2/c1-8-19-9-3-4-11(24-2)15(18)14(9)16(20-8)25-7-10(21)12-5-6-13(26-12)17(22)23/h3-6H,7H2,1-2H3,(H,22,23). The number of hydrogen-bond acceptors (Lipinski definition) is 7. The molecule has 0 aliphatic carbocycles. The molecular weight excluding hydrogens is 379 g/mol. The molecule has 0 atom stereocenters. The number of carboxylic acid groups (broad SMARTS) is 1. The van der Waals surface area contributed by atoms with E-state index in [2.05, 4.69) is 9.97 Å². The minimum atomic E-state index is -1.08. The van der Waals surface area contributed by atoms with Crippen LogP contribution in [0.3, 0.4) is 0 Å². The maximum Gasteiger partial charge on any atom is 0.345 e. The predicted octanol–water partition coefficient (Wildman–Crippen LogP) is 3.82. The van der Waals surface area contributed by atoms with Crippen LogP contribution in [-0.4, -0.2) is 39.7 Å². The number of thiophene rings is 1. The van der Waals surface area contributed by atoms with E-state index in [1.54, 1.807) is 13.0 Å². The lowest BCUT2D eigenvalue weighted by Gasteiger charge is -2.09. The zero-order chi connectivity index (χ0) is 18.8. The number of rotatable bonds is 6. The van der Waals surface area contributed by atoms with Gasteiger partial charge in [-0.3, -0.25) is 4.79 Å². The Morgan fingerprint density at radius 2 is 1.96 bits per heavy atom. The highest BCUT2D eigenvalue weighted by Gasteiger charge is 2.18. The number of Topliss-reactive ketones (excluding diaryl/α,β-unsaturated/α-hetero) is 1. The number of ether oxygens (including phenoxy) is 1. The molecule has 9 heteroatoms. The Hall–Kier alpha value is -2.52. The number of aromatic nitrogens is 2. The van der Waals surface area contributed by atoms with Gasteiger partial charge in [-0.05, 0) is 31.2 Å². The summed E-state index contributed by atoms with van der Waals surface area (Å²) in [6.07, 6.45) is 0. The molecule has 0 saturated heterocycles. The Balaban J connectivity index is 1.90. The van der Waals surface area contributed by atoms with E-state index < -0.39 is 11.8 Å². The Bertz CT molecular complexity index is 1020. The molecule has 0 aliphatic heterocycles. The number of carbonyl (C=O) groups excluding carboxylic acids is 1. The number of thioether (sulfide) groups is 1. The van der Waals surface area contributed by atoms with Gasteiger partial charge in [0.25, 0.3) is 0 Å². The number of methoxy groups -OCH3 is 1. The third kappa shape index (κ3) is 3.54. The lowest BCUT2D eigenvalue weighted by atomic mass is 10.2. The van der Waals surface area contributed by atoms with Gasteiger partial charge in [0.1, 0.15) is 15.7 Å². The van der Waals surface area contributed by atoms with Crippen LogP contribution in [0.15, 0.2) is 29.3 Å². The summed E-state index contributed by atoms with van der Waals surface area (Å²) < 4.78 is 19.6. The van der Waals surface area contributed by atoms with Crippen LogP contribution in [0.5, 0.6) is 5.75 Å². The van der Waals surface area contributed by atoms with E-state index >= 15 is 0 Å². The molecule has 0 bridgehead atoms. The largest absolute Gasteiger partial charge is 0.494 e. The maximum atomic E-state index is 14.6. The summed E-state index contributed by atoms with van der Waals surface area (Å²) in [6.45, 7) is 1.69. The summed E-state index contributed by atoms with van der Waals surface area (Å²) in [4.78, 5) is 32.1. The van der Waals surface area contributed by atoms with Gasteiger partial charge in [0.2, 0.25) is 0 Å². The summed E-state index contributed by atoms with van der Waals surface area (Å²) in [6, 6.07) is 5.99. The summed E-state index contributed by atoms with van der Waals surface area (Å²) in [5.74, 6) is -1.37. The van der Waals surface area contributed by atoms with Gasteiger partial charge in [0.05, 0.1) is 28.6 Å². The highest BCUT2D eigenvalue weighted by atomic mass is 32.2. The monoisotopic (exact) mass is 392 g/mol. The lowest BCUT2D eigenvalue weighted by molar-refractivity contribution is 0.0702. The van der Waals surface area contributed by atoms with Crippen molar-refractivity contribution in [1.82, 2.24) is 9.97 Å². The fraction of sp³-hybridized carbons (Fsp3) is 0.176. The molecule has 6 nitrogen and oxygen atoms in total. The first-order chi connectivity index (χ1) is 12.4. The van der Waals surface area contributed by atoms with Crippen molar-refractivity contribution in [3.63, 3.8) is 0 Å². The second-order valence-corrected chi connectivity index (χ2v) is 7.28. The molecule has 2 aromatic heterocycles. The van der Waals surface area contributed by atoms with Crippen molar-refractivity contribution in [1.29, 1.82) is 0 Å². The third-order valence-corrected chi connectivity index (χ3v) is 5.59. The van der Waals surface area contributed by atoms with Crippen molar-refractivity contribution in [2.45, 2.75) is 11.9 Å². The average Bonchev–Trinajstić information content (AvgIpc) is 3.10. The van der Waals surface area contributed by atoms with E-state index in [1.807, 2.05) is 0 Å². The minimum Gasteiger partial charge on any atom is -0.494 e. The SMILES string of the molecule is COc1ccc2nc(C)nc(SCC(=O)c3ccc(C(=O)O)s3)c2c1F. The minimum absolute atomic E-state index is 0.00176. The normalized spacial score (nSPS) is 10.9. The average molecular weight is 392 g/mol. The first kappa shape index (κ1) is 18.3. The fourth-order valence-electron chi connectivity index (χ4n) is 2.32. The number of carboxylic acids is 1. The zero-order valence-corrected chi connectivity index (χ0v) is 15.4. The summed E-state index contributed by atoms with van der Waals surface area (Å²) in [5.41, 5.74) is 0.426. The van der Waals surface area contributed by atoms with Gasteiger partial charge in [-0.25, -0.2) is 19.2 Å². The smallest absolute Gasteiger partial charge is 0.345 e. The second-order valence-electron chi connectivity index (χ2n) is 5.23. The number of nitrogens with zero attached hydrogens (tertiary/aromatic N) is 2. The number of halogens is 1. The molecular formula is C17H13FN2O4S2. The Labute approximate surface area is 156 Å². The molecule has 2 heterocycles. The maximum absolute atomic E-state index is 14.6. The van der Waals surface area contributed by atoms with E-state index in [0.717, 1.165) is 23.1 Å². The van der Waals surface area contributed by atoms with Crippen LogP contribution in [0.25, 0.3) is 10.9 Å². The molecule has 1 N–H and O–H groups in total. The molecule has 0 spiro atoms. The van der Waals surface area contributed by atoms with E-state index in [4.69, 9.17) is 9.84 Å². The van der Waals surface area contributed by atoms with Crippen molar-refractivity contribution in [2.75, 3.05) is 12.9 Å². The molecule has 0 aliphatic rings. The van der Waals surface area contributed by atoms with Crippen molar-refractivity contribution in [3.05, 3.63) is 45.7 Å². The summed E-state index contributed by atoms with van der Waals surface area (Å²) >= 11 is 1.99. The van der Waals surface area contributed by atoms with Crippen LogP contribution in [-0.2, 0) is 0 Å². The predicted molar refractivity (Wildman–Crippen MR) is 97.1 cm³/mol. The van der Waals surface area contributed by atoms with Crippen molar-refractivity contribution < 1.29 is 23.8 Å². The molecule has 0 saturated carbocycles. The van der Waals surface area contributed by atoms with Crippen LogP contribution in [0.1, 0.15) is 25.2 Å². The molecule has 3 rings (SSSR count). The van der Waals surface area contributed by atoms with Crippen LogP contribution in [0.2, 0.25) is 0 Å². The first-order valence-corrected chi connectivity index (χ1v) is 9.21. The van der Waals surface area contributed by atoms with Gasteiger partial charge in [0, 0.05) is 0 Å². The quantitative estimate of drug-likeness (QED) is 0.387.